The molecule has 0 unspecified atom stereocenters. The molecule has 0 aliphatic rings. The zero-order valence-electron chi connectivity index (χ0n) is 33.9. The van der Waals surface area contributed by atoms with E-state index in [1.807, 2.05) is 78.9 Å². The molecule has 48 heavy (non-hydrogen) atoms. The van der Waals surface area contributed by atoms with Crippen LogP contribution >= 0.6 is 11.3 Å². The van der Waals surface area contributed by atoms with Gasteiger partial charge in [0.15, 0.2) is 17.5 Å². The molecule has 0 N–H and O–H groups in total. The van der Waals surface area contributed by atoms with E-state index in [2.05, 4.69) is 18.2 Å². The van der Waals surface area contributed by atoms with Gasteiger partial charge in [-0.2, -0.15) is 0 Å². The Morgan fingerprint density at radius 3 is 2.02 bits per heavy atom. The van der Waals surface area contributed by atoms with Crippen molar-refractivity contribution in [3.63, 3.8) is 0 Å². The smallest absolute Gasteiger partial charge is 0.167 e. The molecule has 3 heterocycles. The molecular weight excluding hydrogens is 607 g/mol. The van der Waals surface area contributed by atoms with E-state index in [9.17, 15) is 1.37 Å². The topological polar surface area (TPSA) is 51.8 Å². The molecule has 10 aromatic rings. The summed E-state index contributed by atoms with van der Waals surface area (Å²) in [4.78, 5) is 14.9. The highest BCUT2D eigenvalue weighted by atomic mass is 32.1. The first-order chi connectivity index (χ1) is 27.5. The molecule has 224 valence electrons. The maximum Gasteiger partial charge on any atom is 0.167 e. The van der Waals surface area contributed by atoms with E-state index in [-0.39, 0.29) is 55.7 Å². The van der Waals surface area contributed by atoms with Gasteiger partial charge in [-0.15, -0.1) is 11.3 Å². The largest absolute Gasteiger partial charge is 0.455 e. The fourth-order valence-electron chi connectivity index (χ4n) is 6.25. The Kier molecular flexibility index (Phi) is 4.34. The first-order valence-corrected chi connectivity index (χ1v) is 16.0. The van der Waals surface area contributed by atoms with Gasteiger partial charge in [0.1, 0.15) is 11.2 Å². The Labute approximate surface area is 292 Å². The molecule has 7 aromatic carbocycles. The van der Waals surface area contributed by atoms with Crippen molar-refractivity contribution in [3.8, 4) is 45.3 Å². The lowest BCUT2D eigenvalue weighted by molar-refractivity contribution is 0.673. The molecule has 0 saturated heterocycles. The Balaban J connectivity index is 1.35. The summed E-state index contributed by atoms with van der Waals surface area (Å²) in [6.07, 6.45) is 0. The summed E-state index contributed by atoms with van der Waals surface area (Å²) < 4.78 is 87.7. The van der Waals surface area contributed by atoms with Crippen molar-refractivity contribution in [2.75, 3.05) is 0 Å². The number of hydrogen-bond acceptors (Lipinski definition) is 5. The molecule has 0 radical (unpaired) electrons. The average molecular weight is 641 g/mol. The summed E-state index contributed by atoms with van der Waals surface area (Å²) in [6.45, 7) is 0. The summed E-state index contributed by atoms with van der Waals surface area (Å²) >= 11 is 1.65. The highest BCUT2D eigenvalue weighted by Crippen LogP contribution is 2.43. The minimum atomic E-state index is -0.561. The first-order valence-electron chi connectivity index (χ1n) is 19.7. The van der Waals surface area contributed by atoms with Crippen LogP contribution in [0, 0.1) is 0 Å². The standard InChI is InChI=1S/C43H25N3OS/c1-3-12-26(13-4-1)29-24-35(38-33-18-9-10-21-36(33)48-37(38)25-29)43-45-41(28-15-5-2-6-16-28)44-42(46-43)34-20-11-19-31-32-23-22-27-14-7-8-17-30(27)39(32)47-40(31)34/h1-25H/i7D,8D,11D,14D,17D,19D,20D,22D,23D. The minimum absolute atomic E-state index is 0.0388. The highest BCUT2D eigenvalue weighted by Gasteiger charge is 2.21. The maximum absolute atomic E-state index is 9.27. The summed E-state index contributed by atoms with van der Waals surface area (Å²) in [5.41, 5.74) is 2.94. The number of fused-ring (bicyclic) bond motifs is 8. The summed E-state index contributed by atoms with van der Waals surface area (Å²) in [7, 11) is 0. The fraction of sp³-hybridized carbons (Fsp3) is 0. The number of aromatic nitrogens is 3. The number of nitrogens with zero attached hydrogens (tertiary/aromatic N) is 3. The van der Waals surface area contributed by atoms with Gasteiger partial charge >= 0.3 is 0 Å². The van der Waals surface area contributed by atoms with Crippen LogP contribution in [0.2, 0.25) is 0 Å². The summed E-state index contributed by atoms with van der Waals surface area (Å²) in [6, 6.07) is 27.1. The SMILES string of the molecule is [2H]c1c([2H])c([2H])c2c(oc3c4c([2H])c([2H])c([2H])c([2H])c4c([2H])c([2H])c32)c1-c1nc(-c2ccccc2)nc(-c2cc(-c3ccccc3)cc3sc4ccccc4c23)n1. The average Bonchev–Trinajstić information content (AvgIpc) is 3.82. The Morgan fingerprint density at radius 1 is 0.479 bits per heavy atom. The van der Waals surface area contributed by atoms with E-state index in [1.165, 1.54) is 0 Å². The van der Waals surface area contributed by atoms with Gasteiger partial charge in [0.05, 0.1) is 17.9 Å². The van der Waals surface area contributed by atoms with Crippen LogP contribution < -0.4 is 0 Å². The number of hydrogen-bond donors (Lipinski definition) is 0. The monoisotopic (exact) mass is 640 g/mol. The third kappa shape index (κ3) is 4.25. The Hall–Kier alpha value is -6.17. The van der Waals surface area contributed by atoms with Gasteiger partial charge in [0.25, 0.3) is 0 Å². The number of para-hydroxylation sites is 1. The molecule has 0 spiro atoms. The molecule has 10 rings (SSSR count). The van der Waals surface area contributed by atoms with Crippen LogP contribution in [0.25, 0.3) is 98.2 Å². The Bertz CT molecular complexity index is 3350. The molecule has 0 atom stereocenters. The van der Waals surface area contributed by atoms with Crippen LogP contribution in [0.15, 0.2) is 156 Å². The molecule has 0 saturated carbocycles. The predicted octanol–water partition coefficient (Wildman–Crippen LogP) is 12.0. The van der Waals surface area contributed by atoms with Crippen molar-refractivity contribution in [1.82, 2.24) is 15.0 Å². The molecule has 3 aromatic heterocycles. The third-order valence-electron chi connectivity index (χ3n) is 8.45. The maximum atomic E-state index is 9.27. The van der Waals surface area contributed by atoms with E-state index < -0.39 is 54.4 Å². The van der Waals surface area contributed by atoms with Gasteiger partial charge in [-0.05, 0) is 46.8 Å². The molecule has 4 nitrogen and oxygen atoms in total. The van der Waals surface area contributed by atoms with Crippen LogP contribution in [-0.4, -0.2) is 15.0 Å². The molecule has 0 bridgehead atoms. The molecule has 0 aliphatic carbocycles. The second-order valence-corrected chi connectivity index (χ2v) is 12.4. The van der Waals surface area contributed by atoms with Crippen LogP contribution in [0.4, 0.5) is 0 Å². The van der Waals surface area contributed by atoms with Crippen molar-refractivity contribution in [2.45, 2.75) is 0 Å². The van der Waals surface area contributed by atoms with E-state index in [4.69, 9.17) is 30.3 Å². The zero-order valence-corrected chi connectivity index (χ0v) is 25.7. The Morgan fingerprint density at radius 2 is 1.17 bits per heavy atom. The van der Waals surface area contributed by atoms with Gasteiger partial charge < -0.3 is 4.42 Å². The quantitative estimate of drug-likeness (QED) is 0.192. The van der Waals surface area contributed by atoms with Crippen molar-refractivity contribution < 1.29 is 16.8 Å². The van der Waals surface area contributed by atoms with E-state index >= 15 is 0 Å². The number of rotatable bonds is 4. The van der Waals surface area contributed by atoms with Gasteiger partial charge in [-0.1, -0.05) is 121 Å². The van der Waals surface area contributed by atoms with E-state index in [0.29, 0.717) is 11.1 Å². The zero-order chi connectivity index (χ0) is 39.4. The van der Waals surface area contributed by atoms with E-state index in [1.54, 1.807) is 11.3 Å². The minimum Gasteiger partial charge on any atom is -0.455 e. The summed E-state index contributed by atoms with van der Waals surface area (Å²) in [5.74, 6) is 0.514. The number of benzene rings is 7. The van der Waals surface area contributed by atoms with Crippen LogP contribution in [0.5, 0.6) is 0 Å². The van der Waals surface area contributed by atoms with Crippen molar-refractivity contribution in [2.24, 2.45) is 0 Å². The molecule has 0 fully saturated rings. The highest BCUT2D eigenvalue weighted by molar-refractivity contribution is 7.26. The van der Waals surface area contributed by atoms with E-state index in [0.717, 1.165) is 31.3 Å². The molecular formula is C43H25N3OS. The summed E-state index contributed by atoms with van der Waals surface area (Å²) in [5, 5.41) is 1.45. The lowest BCUT2D eigenvalue weighted by atomic mass is 9.98. The van der Waals surface area contributed by atoms with Crippen LogP contribution in [-0.2, 0) is 0 Å². The van der Waals surface area contributed by atoms with Crippen molar-refractivity contribution >= 4 is 64.2 Å². The lowest BCUT2D eigenvalue weighted by Crippen LogP contribution is -2.01. The predicted molar refractivity (Wildman–Crippen MR) is 199 cm³/mol. The number of furan rings is 1. The van der Waals surface area contributed by atoms with Crippen LogP contribution in [0.3, 0.4) is 0 Å². The second-order valence-electron chi connectivity index (χ2n) is 11.3. The van der Waals surface area contributed by atoms with Gasteiger partial charge in [-0.3, -0.25) is 0 Å². The molecule has 5 heteroatoms. The second kappa shape index (κ2) is 10.7. The van der Waals surface area contributed by atoms with Gasteiger partial charge in [0, 0.05) is 47.5 Å². The molecule has 0 amide bonds. The number of thiophene rings is 1. The van der Waals surface area contributed by atoms with Crippen LogP contribution in [0.1, 0.15) is 12.3 Å². The normalized spacial score (nSPS) is 14.4. The third-order valence-corrected chi connectivity index (χ3v) is 9.57. The van der Waals surface area contributed by atoms with Crippen molar-refractivity contribution in [3.05, 3.63) is 151 Å². The van der Waals surface area contributed by atoms with Gasteiger partial charge in [0.2, 0.25) is 0 Å². The first kappa shape index (κ1) is 19.5. The lowest BCUT2D eigenvalue weighted by Gasteiger charge is -2.12. The van der Waals surface area contributed by atoms with Crippen molar-refractivity contribution in [1.29, 1.82) is 0 Å². The molecule has 0 aliphatic heterocycles. The fourth-order valence-corrected chi connectivity index (χ4v) is 7.42. The van der Waals surface area contributed by atoms with Gasteiger partial charge in [-0.25, -0.2) is 15.0 Å².